The predicted octanol–water partition coefficient (Wildman–Crippen LogP) is 4.79. The number of pyridine rings is 1. The van der Waals surface area contributed by atoms with Crippen molar-refractivity contribution in [3.05, 3.63) is 80.9 Å². The lowest BCUT2D eigenvalue weighted by atomic mass is 9.99. The highest BCUT2D eigenvalue weighted by Crippen LogP contribution is 2.42. The smallest absolute Gasteiger partial charge is 0.254 e. The quantitative estimate of drug-likeness (QED) is 0.480. The lowest BCUT2D eigenvalue weighted by molar-refractivity contribution is 0.423. The van der Waals surface area contributed by atoms with Crippen LogP contribution in [0.1, 0.15) is 72.8 Å². The molecule has 7 nitrogen and oxygen atoms in total. The Kier molecular flexibility index (Phi) is 5.01. The minimum Gasteiger partial charge on any atom is -0.354 e. The second kappa shape index (κ2) is 8.08. The van der Waals surface area contributed by atoms with Crippen molar-refractivity contribution in [3.63, 3.8) is 0 Å². The van der Waals surface area contributed by atoms with E-state index in [2.05, 4.69) is 81.7 Å². The number of nitrogens with one attached hydrogen (secondary N) is 1. The third-order valence-corrected chi connectivity index (χ3v) is 7.59. The molecule has 2 aliphatic rings. The van der Waals surface area contributed by atoms with Crippen molar-refractivity contribution in [2.24, 2.45) is 0 Å². The second-order valence-corrected chi connectivity index (χ2v) is 10.0. The van der Waals surface area contributed by atoms with Crippen LogP contribution in [0, 0.1) is 13.8 Å². The molecule has 1 aliphatic heterocycles. The lowest BCUT2D eigenvalue weighted by Gasteiger charge is -2.34. The summed E-state index contributed by atoms with van der Waals surface area (Å²) in [7, 11) is 0. The molecule has 6 rings (SSSR count). The summed E-state index contributed by atoms with van der Waals surface area (Å²) in [6.45, 7) is 6.36. The molecule has 7 heteroatoms. The summed E-state index contributed by atoms with van der Waals surface area (Å²) < 4.78 is 2.00. The number of aromatic amines is 1. The first-order valence-electron chi connectivity index (χ1n) is 12.3. The van der Waals surface area contributed by atoms with E-state index in [1.54, 1.807) is 0 Å². The summed E-state index contributed by atoms with van der Waals surface area (Å²) in [5, 5.41) is 14.1. The van der Waals surface area contributed by atoms with Gasteiger partial charge in [-0.2, -0.15) is 0 Å². The van der Waals surface area contributed by atoms with Crippen LogP contribution >= 0.6 is 0 Å². The number of tetrazole rings is 1. The van der Waals surface area contributed by atoms with Crippen LogP contribution in [-0.4, -0.2) is 31.2 Å². The van der Waals surface area contributed by atoms with E-state index in [4.69, 9.17) is 0 Å². The lowest BCUT2D eigenvalue weighted by Crippen LogP contribution is -2.39. The van der Waals surface area contributed by atoms with Crippen LogP contribution in [0.25, 0.3) is 10.9 Å². The Morgan fingerprint density at radius 3 is 2.71 bits per heavy atom. The Balaban J connectivity index is 1.60. The van der Waals surface area contributed by atoms with Crippen LogP contribution in [0.15, 0.2) is 47.3 Å². The summed E-state index contributed by atoms with van der Waals surface area (Å²) in [6, 6.07) is 14.9. The number of hydrogen-bond acceptors (Lipinski definition) is 5. The van der Waals surface area contributed by atoms with E-state index in [0.29, 0.717) is 5.56 Å². The maximum Gasteiger partial charge on any atom is 0.254 e. The van der Waals surface area contributed by atoms with Crippen molar-refractivity contribution in [3.8, 4) is 0 Å². The first kappa shape index (κ1) is 21.1. The number of H-pyrrole nitrogens is 1. The van der Waals surface area contributed by atoms with Crippen LogP contribution < -0.4 is 10.5 Å². The van der Waals surface area contributed by atoms with Crippen LogP contribution in [0.3, 0.4) is 0 Å². The van der Waals surface area contributed by atoms with E-state index >= 15 is 0 Å². The molecule has 1 aliphatic carbocycles. The minimum absolute atomic E-state index is 0.0815. The van der Waals surface area contributed by atoms with Gasteiger partial charge in [0.25, 0.3) is 5.56 Å². The second-order valence-electron chi connectivity index (χ2n) is 10.0. The molecule has 1 saturated carbocycles. The van der Waals surface area contributed by atoms with Crippen molar-refractivity contribution in [1.82, 2.24) is 25.2 Å². The minimum atomic E-state index is -0.372. The molecule has 0 radical (unpaired) electrons. The zero-order chi connectivity index (χ0) is 23.4. The Morgan fingerprint density at radius 2 is 1.88 bits per heavy atom. The molecule has 174 valence electrons. The van der Waals surface area contributed by atoms with E-state index < -0.39 is 0 Å². The van der Waals surface area contributed by atoms with Crippen LogP contribution in [-0.2, 0) is 6.42 Å². The van der Waals surface area contributed by atoms with E-state index in [1.165, 1.54) is 24.0 Å². The van der Waals surface area contributed by atoms with Gasteiger partial charge in [-0.3, -0.25) is 4.79 Å². The molecule has 0 unspecified atom stereocenters. The van der Waals surface area contributed by atoms with Gasteiger partial charge in [-0.05, 0) is 85.2 Å². The van der Waals surface area contributed by atoms with Gasteiger partial charge in [-0.25, -0.2) is 4.68 Å². The first-order chi connectivity index (χ1) is 16.5. The normalized spacial score (nSPS) is 19.1. The van der Waals surface area contributed by atoms with Gasteiger partial charge < -0.3 is 9.88 Å². The molecule has 0 saturated heterocycles. The summed E-state index contributed by atoms with van der Waals surface area (Å²) >= 11 is 0. The average molecular weight is 455 g/mol. The third kappa shape index (κ3) is 3.33. The van der Waals surface area contributed by atoms with Gasteiger partial charge in [0.15, 0.2) is 5.82 Å². The fourth-order valence-electron chi connectivity index (χ4n) is 6.09. The Morgan fingerprint density at radius 1 is 1.09 bits per heavy atom. The van der Waals surface area contributed by atoms with Crippen molar-refractivity contribution in [2.75, 3.05) is 4.90 Å². The average Bonchev–Trinajstić information content (AvgIpc) is 3.55. The number of rotatable bonds is 4. The Hall–Kier alpha value is -3.48. The van der Waals surface area contributed by atoms with Gasteiger partial charge in [-0.15, -0.1) is 5.10 Å². The van der Waals surface area contributed by atoms with Crippen LogP contribution in [0.4, 0.5) is 5.69 Å². The SMILES string of the molecule is Cc1cc(C)c2[nH]c(=O)c([C@H](c3nnnn3C3CCCC3)N3c4ccccc4C[C@H]3C)cc2c1. The fraction of sp³-hybridized carbons (Fsp3) is 0.407. The highest BCUT2D eigenvalue weighted by Gasteiger charge is 2.39. The Labute approximate surface area is 198 Å². The van der Waals surface area contributed by atoms with Gasteiger partial charge in [0.1, 0.15) is 6.04 Å². The number of para-hydroxylation sites is 1. The summed E-state index contributed by atoms with van der Waals surface area (Å²) in [5.74, 6) is 0.754. The van der Waals surface area contributed by atoms with Crippen molar-refractivity contribution < 1.29 is 0 Å². The molecular weight excluding hydrogens is 424 g/mol. The number of aryl methyl sites for hydroxylation is 2. The largest absolute Gasteiger partial charge is 0.354 e. The topological polar surface area (TPSA) is 79.7 Å². The summed E-state index contributed by atoms with van der Waals surface area (Å²) in [6.07, 6.45) is 5.45. The molecule has 2 aromatic carbocycles. The summed E-state index contributed by atoms with van der Waals surface area (Å²) in [4.78, 5) is 19.2. The fourth-order valence-corrected chi connectivity index (χ4v) is 6.09. The number of aromatic nitrogens is 5. The van der Waals surface area contributed by atoms with E-state index in [1.807, 2.05) is 11.6 Å². The molecule has 1 fully saturated rings. The first-order valence-corrected chi connectivity index (χ1v) is 12.3. The molecule has 4 aromatic rings. The molecule has 2 atom stereocenters. The molecule has 2 aromatic heterocycles. The zero-order valence-electron chi connectivity index (χ0n) is 20.0. The Bertz CT molecular complexity index is 1430. The molecule has 1 N–H and O–H groups in total. The highest BCUT2D eigenvalue weighted by atomic mass is 16.1. The number of nitrogens with zero attached hydrogens (tertiary/aromatic N) is 5. The van der Waals surface area contributed by atoms with Crippen LogP contribution in [0.2, 0.25) is 0 Å². The number of anilines is 1. The molecule has 0 amide bonds. The van der Waals surface area contributed by atoms with Gasteiger partial charge in [-0.1, -0.05) is 42.7 Å². The number of benzene rings is 2. The molecule has 0 spiro atoms. The van der Waals surface area contributed by atoms with Crippen molar-refractivity contribution >= 4 is 16.6 Å². The predicted molar refractivity (Wildman–Crippen MR) is 133 cm³/mol. The monoisotopic (exact) mass is 454 g/mol. The molecule has 34 heavy (non-hydrogen) atoms. The van der Waals surface area contributed by atoms with E-state index in [9.17, 15) is 4.79 Å². The van der Waals surface area contributed by atoms with Gasteiger partial charge in [0, 0.05) is 17.3 Å². The van der Waals surface area contributed by atoms with E-state index in [0.717, 1.165) is 47.2 Å². The maximum absolute atomic E-state index is 13.7. The van der Waals surface area contributed by atoms with Crippen molar-refractivity contribution in [2.45, 2.75) is 71.0 Å². The molecule has 0 bridgehead atoms. The zero-order valence-corrected chi connectivity index (χ0v) is 20.0. The molecule has 3 heterocycles. The number of hydrogen-bond donors (Lipinski definition) is 1. The third-order valence-electron chi connectivity index (χ3n) is 7.59. The summed E-state index contributed by atoms with van der Waals surface area (Å²) in [5.41, 5.74) is 6.20. The maximum atomic E-state index is 13.7. The standard InChI is InChI=1S/C27H30N6O/c1-16-12-17(2)24-20(13-16)15-22(27(34)28-24)25(26-29-30-31-33(26)21-9-5-6-10-21)32-18(3)14-19-8-4-7-11-23(19)32/h4,7-8,11-13,15,18,21,25H,5-6,9-10,14H2,1-3H3,(H,28,34)/t18-,25-/m1/s1. The van der Waals surface area contributed by atoms with Crippen molar-refractivity contribution in [1.29, 1.82) is 0 Å². The molecular formula is C27H30N6O. The number of fused-ring (bicyclic) bond motifs is 2. The highest BCUT2D eigenvalue weighted by molar-refractivity contribution is 5.83. The van der Waals surface area contributed by atoms with Gasteiger partial charge in [0.05, 0.1) is 11.6 Å². The van der Waals surface area contributed by atoms with Gasteiger partial charge >= 0.3 is 0 Å². The van der Waals surface area contributed by atoms with E-state index in [-0.39, 0.29) is 23.7 Å². The van der Waals surface area contributed by atoms with Gasteiger partial charge in [0.2, 0.25) is 0 Å². The van der Waals surface area contributed by atoms with Crippen LogP contribution in [0.5, 0.6) is 0 Å².